The van der Waals surface area contributed by atoms with E-state index in [2.05, 4.69) is 9.97 Å². The summed E-state index contributed by atoms with van der Waals surface area (Å²) in [6.45, 7) is 0. The van der Waals surface area contributed by atoms with Crippen molar-refractivity contribution in [2.45, 2.75) is 6.42 Å². The van der Waals surface area contributed by atoms with E-state index in [0.717, 1.165) is 5.75 Å². The summed E-state index contributed by atoms with van der Waals surface area (Å²) in [7, 11) is 0. The number of carbonyl (C=O) groups is 1. The van der Waals surface area contributed by atoms with Gasteiger partial charge in [0.2, 0.25) is 0 Å². The lowest BCUT2D eigenvalue weighted by Gasteiger charge is -1.98. The molecular weight excluding hydrogens is 188 g/mol. The zero-order valence-corrected chi connectivity index (χ0v) is 8.04. The Bertz CT molecular complexity index is 304. The number of nitrogens with zero attached hydrogens (tertiary/aromatic N) is 2. The van der Waals surface area contributed by atoms with E-state index in [1.165, 1.54) is 12.3 Å². The van der Waals surface area contributed by atoms with Crippen molar-refractivity contribution in [1.82, 2.24) is 9.97 Å². The molecular formula is C8H10N2O2S. The fourth-order valence-corrected chi connectivity index (χ4v) is 1.22. The molecule has 0 aliphatic carbocycles. The first-order chi connectivity index (χ1) is 6.24. The first-order valence-corrected chi connectivity index (χ1v) is 5.17. The highest BCUT2D eigenvalue weighted by molar-refractivity contribution is 7.98. The maximum absolute atomic E-state index is 10.5. The number of carboxylic acids is 1. The molecule has 0 spiro atoms. The molecule has 4 nitrogen and oxygen atoms in total. The maximum Gasteiger partial charge on any atom is 0.354 e. The van der Waals surface area contributed by atoms with Crippen LogP contribution in [0, 0.1) is 0 Å². The average Bonchev–Trinajstić information content (AvgIpc) is 2.15. The van der Waals surface area contributed by atoms with Gasteiger partial charge in [-0.05, 0) is 12.3 Å². The van der Waals surface area contributed by atoms with E-state index in [1.54, 1.807) is 11.8 Å². The van der Waals surface area contributed by atoms with Gasteiger partial charge in [-0.1, -0.05) is 0 Å². The third-order valence-electron chi connectivity index (χ3n) is 1.45. The van der Waals surface area contributed by atoms with E-state index in [0.29, 0.717) is 12.2 Å². The van der Waals surface area contributed by atoms with E-state index < -0.39 is 5.97 Å². The van der Waals surface area contributed by atoms with Crippen molar-refractivity contribution in [3.8, 4) is 0 Å². The number of hydrogen-bond acceptors (Lipinski definition) is 4. The van der Waals surface area contributed by atoms with Crippen LogP contribution in [0.4, 0.5) is 0 Å². The highest BCUT2D eigenvalue weighted by Gasteiger charge is 2.05. The Labute approximate surface area is 80.4 Å². The second kappa shape index (κ2) is 4.81. The summed E-state index contributed by atoms with van der Waals surface area (Å²) in [5, 5.41) is 8.64. The number of aromatic carboxylic acids is 1. The van der Waals surface area contributed by atoms with Crippen LogP contribution in [0.25, 0.3) is 0 Å². The van der Waals surface area contributed by atoms with Gasteiger partial charge in [-0.3, -0.25) is 0 Å². The Morgan fingerprint density at radius 1 is 1.69 bits per heavy atom. The Morgan fingerprint density at radius 3 is 3.08 bits per heavy atom. The Kier molecular flexibility index (Phi) is 3.70. The molecule has 0 aliphatic heterocycles. The molecule has 1 aromatic heterocycles. The van der Waals surface area contributed by atoms with Gasteiger partial charge in [0.05, 0.1) is 0 Å². The standard InChI is InChI=1S/C8H10N2O2S/c1-13-5-3-7-9-4-2-6(10-7)8(11)12/h2,4H,3,5H2,1H3,(H,11,12). The fraction of sp³-hybridized carbons (Fsp3) is 0.375. The lowest BCUT2D eigenvalue weighted by atomic mass is 10.4. The predicted molar refractivity (Wildman–Crippen MR) is 51.1 cm³/mol. The molecule has 0 radical (unpaired) electrons. The topological polar surface area (TPSA) is 63.1 Å². The smallest absolute Gasteiger partial charge is 0.354 e. The van der Waals surface area contributed by atoms with Gasteiger partial charge in [0, 0.05) is 18.4 Å². The second-order valence-electron chi connectivity index (χ2n) is 2.41. The first kappa shape index (κ1) is 9.98. The van der Waals surface area contributed by atoms with Crippen LogP contribution in [0.5, 0.6) is 0 Å². The van der Waals surface area contributed by atoms with Gasteiger partial charge in [0.1, 0.15) is 5.82 Å². The van der Waals surface area contributed by atoms with Crippen LogP contribution >= 0.6 is 11.8 Å². The summed E-state index contributed by atoms with van der Waals surface area (Å²) in [4.78, 5) is 18.4. The third-order valence-corrected chi connectivity index (χ3v) is 2.07. The zero-order valence-electron chi connectivity index (χ0n) is 7.23. The molecule has 1 rings (SSSR count). The second-order valence-corrected chi connectivity index (χ2v) is 3.39. The Morgan fingerprint density at radius 2 is 2.46 bits per heavy atom. The summed E-state index contributed by atoms with van der Waals surface area (Å²) in [6.07, 6.45) is 4.18. The highest BCUT2D eigenvalue weighted by Crippen LogP contribution is 2.00. The fourth-order valence-electron chi connectivity index (χ4n) is 0.832. The van der Waals surface area contributed by atoms with Crippen molar-refractivity contribution in [1.29, 1.82) is 0 Å². The van der Waals surface area contributed by atoms with Crippen LogP contribution in [-0.2, 0) is 6.42 Å². The number of hydrogen-bond donors (Lipinski definition) is 1. The molecule has 0 saturated heterocycles. The molecule has 0 aliphatic rings. The lowest BCUT2D eigenvalue weighted by Crippen LogP contribution is -2.05. The maximum atomic E-state index is 10.5. The zero-order chi connectivity index (χ0) is 9.68. The number of rotatable bonds is 4. The normalized spacial score (nSPS) is 9.92. The molecule has 0 bridgehead atoms. The lowest BCUT2D eigenvalue weighted by molar-refractivity contribution is 0.0690. The number of thioether (sulfide) groups is 1. The van der Waals surface area contributed by atoms with Crippen molar-refractivity contribution in [2.75, 3.05) is 12.0 Å². The van der Waals surface area contributed by atoms with Gasteiger partial charge in [-0.15, -0.1) is 0 Å². The SMILES string of the molecule is CSCCc1nccc(C(=O)O)n1. The molecule has 0 aromatic carbocycles. The summed E-state index contributed by atoms with van der Waals surface area (Å²) in [5.41, 5.74) is 0.0612. The molecule has 0 atom stereocenters. The van der Waals surface area contributed by atoms with Gasteiger partial charge in [-0.2, -0.15) is 11.8 Å². The summed E-state index contributed by atoms with van der Waals surface area (Å²) in [5.74, 6) is 0.491. The van der Waals surface area contributed by atoms with Crippen molar-refractivity contribution >= 4 is 17.7 Å². The van der Waals surface area contributed by atoms with Crippen molar-refractivity contribution in [3.05, 3.63) is 23.8 Å². The number of aryl methyl sites for hydroxylation is 1. The van der Waals surface area contributed by atoms with Crippen LogP contribution in [0.2, 0.25) is 0 Å². The van der Waals surface area contributed by atoms with Crippen LogP contribution < -0.4 is 0 Å². The third kappa shape index (κ3) is 3.02. The molecule has 13 heavy (non-hydrogen) atoms. The molecule has 5 heteroatoms. The van der Waals surface area contributed by atoms with Gasteiger partial charge < -0.3 is 5.11 Å². The predicted octanol–water partition coefficient (Wildman–Crippen LogP) is 1.08. The van der Waals surface area contributed by atoms with Crippen molar-refractivity contribution < 1.29 is 9.90 Å². The van der Waals surface area contributed by atoms with Gasteiger partial charge >= 0.3 is 5.97 Å². The minimum atomic E-state index is -1.01. The molecule has 0 unspecified atom stereocenters. The molecule has 1 N–H and O–H groups in total. The van der Waals surface area contributed by atoms with Gasteiger partial charge in [0.25, 0.3) is 0 Å². The molecule has 70 valence electrons. The molecule has 1 heterocycles. The Balaban J connectivity index is 2.73. The van der Waals surface area contributed by atoms with Crippen molar-refractivity contribution in [2.24, 2.45) is 0 Å². The quantitative estimate of drug-likeness (QED) is 0.784. The monoisotopic (exact) mass is 198 g/mol. The molecule has 0 amide bonds. The van der Waals surface area contributed by atoms with Gasteiger partial charge in [-0.25, -0.2) is 14.8 Å². The Hall–Kier alpha value is -1.10. The molecule has 0 saturated carbocycles. The van der Waals surface area contributed by atoms with E-state index in [-0.39, 0.29) is 5.69 Å². The first-order valence-electron chi connectivity index (χ1n) is 3.78. The van der Waals surface area contributed by atoms with Crippen LogP contribution in [-0.4, -0.2) is 33.1 Å². The van der Waals surface area contributed by atoms with E-state index in [4.69, 9.17) is 5.11 Å². The number of carboxylic acid groups (broad SMARTS) is 1. The largest absolute Gasteiger partial charge is 0.477 e. The van der Waals surface area contributed by atoms with Crippen molar-refractivity contribution in [3.63, 3.8) is 0 Å². The molecule has 0 fully saturated rings. The van der Waals surface area contributed by atoms with E-state index in [1.807, 2.05) is 6.26 Å². The minimum absolute atomic E-state index is 0.0612. The summed E-state index contributed by atoms with van der Waals surface area (Å²) in [6, 6.07) is 1.39. The molecule has 1 aromatic rings. The van der Waals surface area contributed by atoms with Crippen LogP contribution in [0.1, 0.15) is 16.3 Å². The van der Waals surface area contributed by atoms with E-state index >= 15 is 0 Å². The van der Waals surface area contributed by atoms with Crippen LogP contribution in [0.15, 0.2) is 12.3 Å². The summed E-state index contributed by atoms with van der Waals surface area (Å²) < 4.78 is 0. The summed E-state index contributed by atoms with van der Waals surface area (Å²) >= 11 is 1.68. The highest BCUT2D eigenvalue weighted by atomic mass is 32.2. The minimum Gasteiger partial charge on any atom is -0.477 e. The number of aromatic nitrogens is 2. The average molecular weight is 198 g/mol. The van der Waals surface area contributed by atoms with Gasteiger partial charge in [0.15, 0.2) is 5.69 Å². The van der Waals surface area contributed by atoms with Crippen LogP contribution in [0.3, 0.4) is 0 Å². The van der Waals surface area contributed by atoms with E-state index in [9.17, 15) is 4.79 Å².